The van der Waals surface area contributed by atoms with E-state index in [1.54, 1.807) is 36.4 Å². The van der Waals surface area contributed by atoms with Crippen LogP contribution in [0.1, 0.15) is 33.5 Å². The minimum Gasteiger partial charge on any atom is -0.322 e. The normalized spacial score (nSPS) is 15.8. The number of carbonyl (C=O) groups is 3. The van der Waals surface area contributed by atoms with Crippen molar-refractivity contribution in [1.82, 2.24) is 4.90 Å². The molecule has 6 heteroatoms. The minimum absolute atomic E-state index is 0.0822. The molecule has 0 N–H and O–H groups in total. The van der Waals surface area contributed by atoms with Gasteiger partial charge in [0.2, 0.25) is 5.91 Å². The Morgan fingerprint density at radius 3 is 2.28 bits per heavy atom. The molecule has 0 radical (unpaired) electrons. The Morgan fingerprint density at radius 1 is 0.969 bits per heavy atom. The van der Waals surface area contributed by atoms with Crippen molar-refractivity contribution in [1.29, 1.82) is 0 Å². The first kappa shape index (κ1) is 21.4. The van der Waals surface area contributed by atoms with E-state index >= 15 is 0 Å². The molecule has 0 aromatic heterocycles. The topological polar surface area (TPSA) is 57.7 Å². The van der Waals surface area contributed by atoms with E-state index in [4.69, 9.17) is 0 Å². The molecule has 0 spiro atoms. The summed E-state index contributed by atoms with van der Waals surface area (Å²) in [7, 11) is 0. The van der Waals surface area contributed by atoms with E-state index in [-0.39, 0.29) is 30.6 Å². The van der Waals surface area contributed by atoms with Crippen molar-refractivity contribution in [3.05, 3.63) is 101 Å². The van der Waals surface area contributed by atoms with Crippen LogP contribution in [0, 0.1) is 19.7 Å². The van der Waals surface area contributed by atoms with Gasteiger partial charge in [0.1, 0.15) is 11.9 Å². The van der Waals surface area contributed by atoms with Crippen molar-refractivity contribution in [3.63, 3.8) is 0 Å². The lowest BCUT2D eigenvalue weighted by Crippen LogP contribution is -2.45. The van der Waals surface area contributed by atoms with Crippen LogP contribution in [0.25, 0.3) is 0 Å². The van der Waals surface area contributed by atoms with Gasteiger partial charge in [0.05, 0.1) is 12.1 Å². The fourth-order valence-corrected chi connectivity index (χ4v) is 3.90. The van der Waals surface area contributed by atoms with E-state index in [0.29, 0.717) is 16.8 Å². The van der Waals surface area contributed by atoms with E-state index in [1.165, 1.54) is 17.0 Å². The molecular formula is C26H23FN2O3. The van der Waals surface area contributed by atoms with Gasteiger partial charge in [-0.2, -0.15) is 0 Å². The van der Waals surface area contributed by atoms with Crippen LogP contribution in [0.15, 0.2) is 72.8 Å². The highest BCUT2D eigenvalue weighted by molar-refractivity contribution is 6.23. The van der Waals surface area contributed by atoms with E-state index in [1.807, 2.05) is 38.1 Å². The molecule has 3 aromatic carbocycles. The largest absolute Gasteiger partial charge is 0.322 e. The van der Waals surface area contributed by atoms with Crippen LogP contribution in [-0.2, 0) is 16.1 Å². The maximum atomic E-state index is 13.5. The Labute approximate surface area is 186 Å². The molecule has 3 aromatic rings. The molecule has 1 atom stereocenters. The molecule has 4 rings (SSSR count). The number of carbonyl (C=O) groups excluding carboxylic acids is 3. The molecule has 1 aliphatic heterocycles. The number of amides is 3. The highest BCUT2D eigenvalue weighted by Crippen LogP contribution is 2.28. The van der Waals surface area contributed by atoms with Gasteiger partial charge in [-0.3, -0.25) is 14.4 Å². The molecule has 0 aliphatic carbocycles. The fourth-order valence-electron chi connectivity index (χ4n) is 3.90. The minimum atomic E-state index is -0.944. The zero-order chi connectivity index (χ0) is 22.8. The second-order valence-electron chi connectivity index (χ2n) is 8.00. The number of halogens is 1. The predicted molar refractivity (Wildman–Crippen MR) is 120 cm³/mol. The van der Waals surface area contributed by atoms with Gasteiger partial charge in [-0.25, -0.2) is 9.29 Å². The molecule has 1 fully saturated rings. The number of nitrogens with zero attached hydrogens (tertiary/aromatic N) is 2. The Balaban J connectivity index is 1.70. The number of anilines is 1. The van der Waals surface area contributed by atoms with Gasteiger partial charge >= 0.3 is 0 Å². The monoisotopic (exact) mass is 430 g/mol. The average molecular weight is 430 g/mol. The van der Waals surface area contributed by atoms with Crippen LogP contribution >= 0.6 is 0 Å². The highest BCUT2D eigenvalue weighted by Gasteiger charge is 2.44. The van der Waals surface area contributed by atoms with Gasteiger partial charge in [-0.15, -0.1) is 0 Å². The first-order valence-corrected chi connectivity index (χ1v) is 10.4. The van der Waals surface area contributed by atoms with Crippen LogP contribution in [0.5, 0.6) is 0 Å². The van der Waals surface area contributed by atoms with Crippen molar-refractivity contribution >= 4 is 23.4 Å². The molecule has 5 nitrogen and oxygen atoms in total. The van der Waals surface area contributed by atoms with Gasteiger partial charge in [0.15, 0.2) is 0 Å². The highest BCUT2D eigenvalue weighted by atomic mass is 19.1. The molecule has 1 unspecified atom stereocenters. The van der Waals surface area contributed by atoms with Crippen molar-refractivity contribution in [2.24, 2.45) is 0 Å². The number of hydrogen-bond acceptors (Lipinski definition) is 3. The summed E-state index contributed by atoms with van der Waals surface area (Å²) in [6.07, 6.45) is -0.106. The SMILES string of the molecule is Cc1ccc(N2C(=O)CC(N(Cc3ccc(F)cc3)C(=O)c3ccccc3C)C2=O)cc1. The maximum absolute atomic E-state index is 13.5. The zero-order valence-electron chi connectivity index (χ0n) is 17.9. The van der Waals surface area contributed by atoms with E-state index < -0.39 is 11.9 Å². The third-order valence-electron chi connectivity index (χ3n) is 5.69. The molecule has 1 aliphatic rings. The van der Waals surface area contributed by atoms with Crippen molar-refractivity contribution in [2.45, 2.75) is 32.9 Å². The maximum Gasteiger partial charge on any atom is 0.257 e. The number of aryl methyl sites for hydroxylation is 2. The van der Waals surface area contributed by atoms with Gasteiger partial charge in [-0.05, 0) is 55.3 Å². The lowest BCUT2D eigenvalue weighted by Gasteiger charge is -2.28. The summed E-state index contributed by atoms with van der Waals surface area (Å²) in [5.74, 6) is -1.53. The molecule has 3 amide bonds. The molecule has 1 saturated heterocycles. The lowest BCUT2D eigenvalue weighted by atomic mass is 10.0. The molecule has 1 heterocycles. The van der Waals surface area contributed by atoms with Gasteiger partial charge in [0, 0.05) is 12.1 Å². The summed E-state index contributed by atoms with van der Waals surface area (Å²) in [5.41, 5.74) is 3.40. The molecule has 162 valence electrons. The van der Waals surface area contributed by atoms with Crippen LogP contribution in [0.4, 0.5) is 10.1 Å². The zero-order valence-corrected chi connectivity index (χ0v) is 17.9. The first-order chi connectivity index (χ1) is 15.3. The van der Waals surface area contributed by atoms with Crippen molar-refractivity contribution in [2.75, 3.05) is 4.90 Å². The summed E-state index contributed by atoms with van der Waals surface area (Å²) < 4.78 is 13.4. The number of imide groups is 1. The second-order valence-corrected chi connectivity index (χ2v) is 8.00. The summed E-state index contributed by atoms with van der Waals surface area (Å²) in [6, 6.07) is 19.1. The van der Waals surface area contributed by atoms with Gasteiger partial charge < -0.3 is 4.90 Å². The van der Waals surface area contributed by atoms with Crippen LogP contribution in [0.2, 0.25) is 0 Å². The Morgan fingerprint density at radius 2 is 1.62 bits per heavy atom. The van der Waals surface area contributed by atoms with E-state index in [0.717, 1.165) is 16.0 Å². The predicted octanol–water partition coefficient (Wildman–Crippen LogP) is 4.42. The average Bonchev–Trinajstić information content (AvgIpc) is 3.07. The number of rotatable bonds is 5. The Kier molecular flexibility index (Phi) is 5.86. The van der Waals surface area contributed by atoms with E-state index in [9.17, 15) is 18.8 Å². The van der Waals surface area contributed by atoms with Crippen LogP contribution in [-0.4, -0.2) is 28.7 Å². The Hall–Kier alpha value is -3.80. The lowest BCUT2D eigenvalue weighted by molar-refractivity contribution is -0.122. The van der Waals surface area contributed by atoms with Crippen LogP contribution < -0.4 is 4.90 Å². The summed E-state index contributed by atoms with van der Waals surface area (Å²) in [4.78, 5) is 42.3. The summed E-state index contributed by atoms with van der Waals surface area (Å²) >= 11 is 0. The molecule has 0 bridgehead atoms. The second kappa shape index (κ2) is 8.75. The Bertz CT molecular complexity index is 1170. The quantitative estimate of drug-likeness (QED) is 0.563. The smallest absolute Gasteiger partial charge is 0.257 e. The van der Waals surface area contributed by atoms with E-state index in [2.05, 4.69) is 0 Å². The molecule has 32 heavy (non-hydrogen) atoms. The van der Waals surface area contributed by atoms with Gasteiger partial charge in [0.25, 0.3) is 11.8 Å². The third-order valence-corrected chi connectivity index (χ3v) is 5.69. The van der Waals surface area contributed by atoms with Gasteiger partial charge in [-0.1, -0.05) is 48.0 Å². The van der Waals surface area contributed by atoms with Crippen LogP contribution in [0.3, 0.4) is 0 Å². The van der Waals surface area contributed by atoms with Crippen molar-refractivity contribution < 1.29 is 18.8 Å². The summed E-state index contributed by atoms with van der Waals surface area (Å²) in [6.45, 7) is 3.83. The molecule has 0 saturated carbocycles. The molecular weight excluding hydrogens is 407 g/mol. The number of benzene rings is 3. The fraction of sp³-hybridized carbons (Fsp3) is 0.192. The van der Waals surface area contributed by atoms with Crippen molar-refractivity contribution in [3.8, 4) is 0 Å². The third kappa shape index (κ3) is 4.17. The number of hydrogen-bond donors (Lipinski definition) is 0. The first-order valence-electron chi connectivity index (χ1n) is 10.4. The summed E-state index contributed by atoms with van der Waals surface area (Å²) in [5, 5.41) is 0. The standard InChI is InChI=1S/C26H23FN2O3/c1-17-7-13-21(14-8-17)29-24(30)15-23(26(29)32)28(16-19-9-11-20(27)12-10-19)25(31)22-6-4-3-5-18(22)2/h3-14,23H,15-16H2,1-2H3.